The number of fused-ring (bicyclic) bond motifs is 1. The van der Waals surface area contributed by atoms with Crippen LogP contribution < -0.4 is 10.4 Å². The van der Waals surface area contributed by atoms with Crippen LogP contribution in [0.1, 0.15) is 18.2 Å². The number of hydrogen-bond acceptors (Lipinski definition) is 7. The molecule has 0 spiro atoms. The molecule has 2 aliphatic rings. The Morgan fingerprint density at radius 2 is 2.20 bits per heavy atom. The molecule has 0 amide bonds. The Balaban J connectivity index is 1.88. The van der Waals surface area contributed by atoms with Crippen molar-refractivity contribution in [1.82, 2.24) is 9.55 Å². The molecule has 110 valence electrons. The highest BCUT2D eigenvalue weighted by Gasteiger charge is 2.36. The highest BCUT2D eigenvalue weighted by Crippen LogP contribution is 2.30. The Morgan fingerprint density at radius 1 is 1.40 bits per heavy atom. The molecule has 3 heterocycles. The number of ether oxygens (including phenoxy) is 2. The van der Waals surface area contributed by atoms with Gasteiger partial charge in [0.15, 0.2) is 0 Å². The Bertz CT molecular complexity index is 559. The lowest BCUT2D eigenvalue weighted by atomic mass is 10.2. The van der Waals surface area contributed by atoms with Crippen molar-refractivity contribution >= 4 is 0 Å². The van der Waals surface area contributed by atoms with Crippen LogP contribution in [0.25, 0.3) is 0 Å². The number of rotatable bonds is 3. The van der Waals surface area contributed by atoms with Gasteiger partial charge in [-0.3, -0.25) is 4.57 Å². The SMILES string of the molecule is O=c1nc2c(cn1[C@H]1CC(O)[C@@H](CO)O1)CC(CO)O2. The zero-order valence-corrected chi connectivity index (χ0v) is 10.7. The van der Waals surface area contributed by atoms with Gasteiger partial charge in [-0.05, 0) is 0 Å². The summed E-state index contributed by atoms with van der Waals surface area (Å²) < 4.78 is 12.0. The summed E-state index contributed by atoms with van der Waals surface area (Å²) >= 11 is 0. The van der Waals surface area contributed by atoms with E-state index in [9.17, 15) is 9.90 Å². The van der Waals surface area contributed by atoms with E-state index in [1.54, 1.807) is 6.20 Å². The standard InChI is InChI=1S/C12H16N2O6/c15-4-7-1-6-3-14(12(18)13-11(6)19-7)10-2-8(17)9(5-16)20-10/h3,7-10,15-17H,1-2,4-5H2/t7?,8?,9-,10-/m1/s1. The first-order valence-corrected chi connectivity index (χ1v) is 6.46. The molecule has 1 fully saturated rings. The van der Waals surface area contributed by atoms with Gasteiger partial charge in [0.25, 0.3) is 0 Å². The third kappa shape index (κ3) is 2.20. The number of aliphatic hydroxyl groups excluding tert-OH is 3. The van der Waals surface area contributed by atoms with Crippen LogP contribution in [-0.4, -0.2) is 56.4 Å². The summed E-state index contributed by atoms with van der Waals surface area (Å²) in [6, 6.07) is 0. The summed E-state index contributed by atoms with van der Waals surface area (Å²) in [7, 11) is 0. The monoisotopic (exact) mass is 284 g/mol. The Labute approximate surface area is 114 Å². The van der Waals surface area contributed by atoms with Crippen molar-refractivity contribution in [1.29, 1.82) is 0 Å². The summed E-state index contributed by atoms with van der Waals surface area (Å²) in [6.07, 6.45) is -0.271. The van der Waals surface area contributed by atoms with Gasteiger partial charge in [0.05, 0.1) is 19.3 Å². The predicted octanol–water partition coefficient (Wildman–Crippen LogP) is -1.82. The van der Waals surface area contributed by atoms with Crippen LogP contribution in [0, 0.1) is 0 Å². The van der Waals surface area contributed by atoms with Gasteiger partial charge < -0.3 is 24.8 Å². The smallest absolute Gasteiger partial charge is 0.352 e. The van der Waals surface area contributed by atoms with Gasteiger partial charge in [-0.2, -0.15) is 4.98 Å². The van der Waals surface area contributed by atoms with Crippen LogP contribution in [0.2, 0.25) is 0 Å². The van der Waals surface area contributed by atoms with Crippen LogP contribution in [0.15, 0.2) is 11.0 Å². The number of nitrogens with zero attached hydrogens (tertiary/aromatic N) is 2. The second kappa shape index (κ2) is 5.13. The molecule has 2 aliphatic heterocycles. The normalized spacial score (nSPS) is 32.1. The maximum Gasteiger partial charge on any atom is 0.352 e. The predicted molar refractivity (Wildman–Crippen MR) is 65.3 cm³/mol. The zero-order chi connectivity index (χ0) is 14.3. The van der Waals surface area contributed by atoms with Crippen LogP contribution in [0.5, 0.6) is 5.88 Å². The van der Waals surface area contributed by atoms with Gasteiger partial charge in [0.2, 0.25) is 5.88 Å². The molecule has 20 heavy (non-hydrogen) atoms. The summed E-state index contributed by atoms with van der Waals surface area (Å²) in [5.41, 5.74) is 0.173. The van der Waals surface area contributed by atoms with E-state index >= 15 is 0 Å². The van der Waals surface area contributed by atoms with Crippen molar-refractivity contribution in [3.8, 4) is 5.88 Å². The molecule has 4 atom stereocenters. The van der Waals surface area contributed by atoms with Gasteiger partial charge >= 0.3 is 5.69 Å². The summed E-state index contributed by atoms with van der Waals surface area (Å²) in [6.45, 7) is -0.448. The van der Waals surface area contributed by atoms with E-state index in [2.05, 4.69) is 4.98 Å². The van der Waals surface area contributed by atoms with Gasteiger partial charge in [0.1, 0.15) is 18.4 Å². The lowest BCUT2D eigenvalue weighted by Gasteiger charge is -2.14. The maximum absolute atomic E-state index is 11.9. The molecule has 8 nitrogen and oxygen atoms in total. The molecule has 1 saturated heterocycles. The molecule has 0 bridgehead atoms. The summed E-state index contributed by atoms with van der Waals surface area (Å²) in [4.78, 5) is 15.8. The van der Waals surface area contributed by atoms with E-state index in [1.165, 1.54) is 4.57 Å². The van der Waals surface area contributed by atoms with Crippen LogP contribution in [0.3, 0.4) is 0 Å². The fourth-order valence-electron chi connectivity index (χ4n) is 2.54. The Hall–Kier alpha value is -1.48. The minimum absolute atomic E-state index is 0.143. The van der Waals surface area contributed by atoms with E-state index in [-0.39, 0.29) is 31.6 Å². The first-order valence-electron chi connectivity index (χ1n) is 6.46. The Morgan fingerprint density at radius 3 is 2.85 bits per heavy atom. The van der Waals surface area contributed by atoms with Gasteiger partial charge in [0, 0.05) is 24.6 Å². The third-order valence-corrected chi connectivity index (χ3v) is 3.61. The van der Waals surface area contributed by atoms with Gasteiger partial charge in [-0.15, -0.1) is 0 Å². The van der Waals surface area contributed by atoms with E-state index in [4.69, 9.17) is 19.7 Å². The minimum atomic E-state index is -0.813. The van der Waals surface area contributed by atoms with Crippen LogP contribution >= 0.6 is 0 Å². The van der Waals surface area contributed by atoms with Gasteiger partial charge in [-0.25, -0.2) is 4.79 Å². The number of aromatic nitrogens is 2. The lowest BCUT2D eigenvalue weighted by molar-refractivity contribution is -0.0459. The average molecular weight is 284 g/mol. The molecule has 0 aromatic carbocycles. The fraction of sp³-hybridized carbons (Fsp3) is 0.667. The fourth-order valence-corrected chi connectivity index (χ4v) is 2.54. The average Bonchev–Trinajstić information content (AvgIpc) is 3.00. The molecule has 0 radical (unpaired) electrons. The van der Waals surface area contributed by atoms with E-state index in [0.717, 1.165) is 0 Å². The molecular formula is C12H16N2O6. The molecular weight excluding hydrogens is 268 g/mol. The quantitative estimate of drug-likeness (QED) is 0.598. The highest BCUT2D eigenvalue weighted by molar-refractivity contribution is 5.28. The second-order valence-electron chi connectivity index (χ2n) is 5.00. The van der Waals surface area contributed by atoms with Gasteiger partial charge in [-0.1, -0.05) is 0 Å². The first-order chi connectivity index (χ1) is 9.62. The first kappa shape index (κ1) is 13.5. The van der Waals surface area contributed by atoms with Crippen molar-refractivity contribution in [2.24, 2.45) is 0 Å². The maximum atomic E-state index is 11.9. The van der Waals surface area contributed by atoms with Crippen molar-refractivity contribution in [3.63, 3.8) is 0 Å². The minimum Gasteiger partial charge on any atom is -0.471 e. The summed E-state index contributed by atoms with van der Waals surface area (Å²) in [5.74, 6) is 0.238. The van der Waals surface area contributed by atoms with Crippen molar-refractivity contribution in [2.75, 3.05) is 13.2 Å². The highest BCUT2D eigenvalue weighted by atomic mass is 16.5. The van der Waals surface area contributed by atoms with Crippen LogP contribution in [-0.2, 0) is 11.2 Å². The van der Waals surface area contributed by atoms with E-state index in [1.807, 2.05) is 0 Å². The molecule has 2 unspecified atom stereocenters. The second-order valence-corrected chi connectivity index (χ2v) is 5.00. The van der Waals surface area contributed by atoms with Crippen molar-refractivity contribution in [2.45, 2.75) is 37.4 Å². The molecule has 8 heteroatoms. The molecule has 3 N–H and O–H groups in total. The van der Waals surface area contributed by atoms with Crippen LogP contribution in [0.4, 0.5) is 0 Å². The molecule has 0 saturated carbocycles. The topological polar surface area (TPSA) is 114 Å². The molecule has 1 aromatic rings. The molecule has 1 aromatic heterocycles. The van der Waals surface area contributed by atoms with E-state index < -0.39 is 24.1 Å². The molecule has 3 rings (SSSR count). The van der Waals surface area contributed by atoms with E-state index in [0.29, 0.717) is 12.0 Å². The summed E-state index contributed by atoms with van der Waals surface area (Å²) in [5, 5.41) is 27.8. The Kier molecular flexibility index (Phi) is 3.47. The van der Waals surface area contributed by atoms with Crippen molar-refractivity contribution < 1.29 is 24.8 Å². The molecule has 0 aliphatic carbocycles. The zero-order valence-electron chi connectivity index (χ0n) is 10.7. The number of aliphatic hydroxyl groups is 3. The lowest BCUT2D eigenvalue weighted by Crippen LogP contribution is -2.28. The van der Waals surface area contributed by atoms with Crippen molar-refractivity contribution in [3.05, 3.63) is 22.2 Å². The number of hydrogen-bond donors (Lipinski definition) is 3. The largest absolute Gasteiger partial charge is 0.471 e. The third-order valence-electron chi connectivity index (χ3n) is 3.61.